The lowest BCUT2D eigenvalue weighted by Gasteiger charge is -2.37. The third-order valence-corrected chi connectivity index (χ3v) is 4.62. The Kier molecular flexibility index (Phi) is 5.13. The molecule has 23 heavy (non-hydrogen) atoms. The molecule has 2 fully saturated rings. The van der Waals surface area contributed by atoms with Crippen molar-refractivity contribution < 1.29 is 13.9 Å². The smallest absolute Gasteiger partial charge is 0.256 e. The molecular weight excluding hydrogens is 297 g/mol. The Morgan fingerprint density at radius 3 is 2.70 bits per heavy atom. The van der Waals surface area contributed by atoms with Gasteiger partial charge in [0.2, 0.25) is 0 Å². The van der Waals surface area contributed by atoms with Gasteiger partial charge in [0.05, 0.1) is 11.7 Å². The van der Waals surface area contributed by atoms with Crippen molar-refractivity contribution in [2.24, 2.45) is 0 Å². The number of carbonyl (C=O) groups excluding carboxylic acids is 1. The second-order valence-corrected chi connectivity index (χ2v) is 6.32. The number of halogens is 1. The first-order chi connectivity index (χ1) is 11.1. The number of nitrogens with zero attached hydrogens (tertiary/aromatic N) is 2. The lowest BCUT2D eigenvalue weighted by molar-refractivity contribution is -0.0130. The van der Waals surface area contributed by atoms with Crippen molar-refractivity contribution in [1.82, 2.24) is 9.80 Å². The highest BCUT2D eigenvalue weighted by Gasteiger charge is 2.26. The maximum absolute atomic E-state index is 13.9. The number of nitrogens with two attached hydrogens (primary N) is 1. The molecule has 0 aliphatic carbocycles. The number of anilines is 1. The van der Waals surface area contributed by atoms with Crippen LogP contribution in [0.25, 0.3) is 0 Å². The normalized spacial score (nSPS) is 23.0. The summed E-state index contributed by atoms with van der Waals surface area (Å²) in [5.41, 5.74) is 5.96. The van der Waals surface area contributed by atoms with Crippen LogP contribution in [0.4, 0.5) is 10.1 Å². The van der Waals surface area contributed by atoms with Crippen LogP contribution in [0.3, 0.4) is 0 Å². The minimum Gasteiger partial charge on any atom is -0.399 e. The topological polar surface area (TPSA) is 58.8 Å². The Morgan fingerprint density at radius 2 is 2.04 bits per heavy atom. The first-order valence-corrected chi connectivity index (χ1v) is 8.32. The van der Waals surface area contributed by atoms with E-state index in [9.17, 15) is 9.18 Å². The van der Waals surface area contributed by atoms with Gasteiger partial charge in [-0.25, -0.2) is 4.39 Å². The van der Waals surface area contributed by atoms with Gasteiger partial charge in [-0.3, -0.25) is 9.69 Å². The van der Waals surface area contributed by atoms with Crippen LogP contribution in [0.2, 0.25) is 0 Å². The van der Waals surface area contributed by atoms with E-state index in [2.05, 4.69) is 4.90 Å². The van der Waals surface area contributed by atoms with Gasteiger partial charge in [0, 0.05) is 45.0 Å². The number of rotatable bonds is 3. The van der Waals surface area contributed by atoms with E-state index in [1.165, 1.54) is 18.6 Å². The fourth-order valence-corrected chi connectivity index (χ4v) is 3.25. The molecule has 5 nitrogen and oxygen atoms in total. The first kappa shape index (κ1) is 16.2. The molecule has 3 rings (SSSR count). The number of hydrogen-bond donors (Lipinski definition) is 1. The Labute approximate surface area is 136 Å². The summed E-state index contributed by atoms with van der Waals surface area (Å²) in [6, 6.07) is 4.23. The summed E-state index contributed by atoms with van der Waals surface area (Å²) in [7, 11) is 0. The molecular formula is C17H24FN3O2. The van der Waals surface area contributed by atoms with Crippen molar-refractivity contribution in [2.75, 3.05) is 45.1 Å². The quantitative estimate of drug-likeness (QED) is 0.862. The monoisotopic (exact) mass is 321 g/mol. The summed E-state index contributed by atoms with van der Waals surface area (Å²) in [5.74, 6) is -0.802. The molecule has 2 N–H and O–H groups in total. The summed E-state index contributed by atoms with van der Waals surface area (Å²) < 4.78 is 19.7. The molecule has 1 aromatic rings. The van der Waals surface area contributed by atoms with Crippen LogP contribution in [-0.2, 0) is 4.74 Å². The number of amides is 1. The van der Waals surface area contributed by atoms with Gasteiger partial charge in [-0.05, 0) is 37.5 Å². The van der Waals surface area contributed by atoms with Crippen LogP contribution in [0.5, 0.6) is 0 Å². The standard InChI is InChI=1S/C17H24FN3O2/c18-16-11-13(19)4-5-15(16)17(22)21-8-6-20(7-9-21)12-14-3-1-2-10-23-14/h4-5,11,14H,1-3,6-10,12,19H2. The van der Waals surface area contributed by atoms with E-state index in [0.717, 1.165) is 39.1 Å². The summed E-state index contributed by atoms with van der Waals surface area (Å²) in [6.45, 7) is 4.65. The van der Waals surface area contributed by atoms with Gasteiger partial charge in [-0.1, -0.05) is 0 Å². The number of benzene rings is 1. The largest absolute Gasteiger partial charge is 0.399 e. The predicted octanol–water partition coefficient (Wildman–Crippen LogP) is 1.73. The van der Waals surface area contributed by atoms with E-state index >= 15 is 0 Å². The van der Waals surface area contributed by atoms with Gasteiger partial charge < -0.3 is 15.4 Å². The van der Waals surface area contributed by atoms with Crippen molar-refractivity contribution in [3.8, 4) is 0 Å². The highest BCUT2D eigenvalue weighted by atomic mass is 19.1. The third kappa shape index (κ3) is 4.00. The molecule has 2 aliphatic heterocycles. The van der Waals surface area contributed by atoms with Crippen molar-refractivity contribution in [3.05, 3.63) is 29.6 Å². The lowest BCUT2D eigenvalue weighted by atomic mass is 10.1. The SMILES string of the molecule is Nc1ccc(C(=O)N2CCN(CC3CCCCO3)CC2)c(F)c1. The summed E-state index contributed by atoms with van der Waals surface area (Å²) in [4.78, 5) is 16.5. The zero-order valence-corrected chi connectivity index (χ0v) is 13.3. The van der Waals surface area contributed by atoms with Gasteiger partial charge in [0.25, 0.3) is 5.91 Å². The number of piperazine rings is 1. The highest BCUT2D eigenvalue weighted by molar-refractivity contribution is 5.94. The second-order valence-electron chi connectivity index (χ2n) is 6.32. The van der Waals surface area contributed by atoms with Crippen LogP contribution < -0.4 is 5.73 Å². The Hall–Kier alpha value is -1.66. The summed E-state index contributed by atoms with van der Waals surface area (Å²) in [6.07, 6.45) is 3.84. The zero-order valence-electron chi connectivity index (χ0n) is 13.3. The molecule has 0 radical (unpaired) electrons. The van der Waals surface area contributed by atoms with E-state index in [0.29, 0.717) is 24.9 Å². The van der Waals surface area contributed by atoms with Gasteiger partial charge >= 0.3 is 0 Å². The van der Waals surface area contributed by atoms with Crippen molar-refractivity contribution >= 4 is 11.6 Å². The summed E-state index contributed by atoms with van der Waals surface area (Å²) >= 11 is 0. The van der Waals surface area contributed by atoms with Crippen LogP contribution in [0.15, 0.2) is 18.2 Å². The van der Waals surface area contributed by atoms with Crippen molar-refractivity contribution in [2.45, 2.75) is 25.4 Å². The number of hydrogen-bond acceptors (Lipinski definition) is 4. The van der Waals surface area contributed by atoms with E-state index in [1.54, 1.807) is 11.0 Å². The average Bonchev–Trinajstić information content (AvgIpc) is 2.56. The second kappa shape index (κ2) is 7.27. The zero-order chi connectivity index (χ0) is 16.2. The molecule has 1 amide bonds. The van der Waals surface area contributed by atoms with Crippen LogP contribution in [0.1, 0.15) is 29.6 Å². The predicted molar refractivity (Wildman–Crippen MR) is 86.7 cm³/mol. The van der Waals surface area contributed by atoms with Gasteiger partial charge in [-0.15, -0.1) is 0 Å². The minimum absolute atomic E-state index is 0.100. The molecule has 2 aliphatic rings. The highest BCUT2D eigenvalue weighted by Crippen LogP contribution is 2.17. The molecule has 0 bridgehead atoms. The van der Waals surface area contributed by atoms with Gasteiger partial charge in [0.15, 0.2) is 0 Å². The van der Waals surface area contributed by atoms with E-state index < -0.39 is 5.82 Å². The molecule has 6 heteroatoms. The van der Waals surface area contributed by atoms with Gasteiger partial charge in [-0.2, -0.15) is 0 Å². The van der Waals surface area contributed by atoms with Crippen molar-refractivity contribution in [1.29, 1.82) is 0 Å². The summed E-state index contributed by atoms with van der Waals surface area (Å²) in [5, 5.41) is 0. The van der Waals surface area contributed by atoms with Crippen LogP contribution >= 0.6 is 0 Å². The minimum atomic E-state index is -0.548. The van der Waals surface area contributed by atoms with E-state index in [-0.39, 0.29) is 11.5 Å². The maximum Gasteiger partial charge on any atom is 0.256 e. The molecule has 2 heterocycles. The van der Waals surface area contributed by atoms with Crippen LogP contribution in [0, 0.1) is 5.82 Å². The fourth-order valence-electron chi connectivity index (χ4n) is 3.25. The van der Waals surface area contributed by atoms with E-state index in [1.807, 2.05) is 0 Å². The Balaban J connectivity index is 1.52. The third-order valence-electron chi connectivity index (χ3n) is 4.62. The number of carbonyl (C=O) groups is 1. The average molecular weight is 321 g/mol. The Bertz CT molecular complexity index is 553. The van der Waals surface area contributed by atoms with Gasteiger partial charge in [0.1, 0.15) is 5.82 Å². The first-order valence-electron chi connectivity index (χ1n) is 8.32. The number of nitrogen functional groups attached to an aromatic ring is 1. The fraction of sp³-hybridized carbons (Fsp3) is 0.588. The molecule has 1 unspecified atom stereocenters. The molecule has 2 saturated heterocycles. The maximum atomic E-state index is 13.9. The molecule has 1 aromatic carbocycles. The number of ether oxygens (including phenoxy) is 1. The molecule has 0 saturated carbocycles. The Morgan fingerprint density at radius 1 is 1.26 bits per heavy atom. The van der Waals surface area contributed by atoms with E-state index in [4.69, 9.17) is 10.5 Å². The molecule has 1 atom stereocenters. The molecule has 126 valence electrons. The van der Waals surface area contributed by atoms with Crippen molar-refractivity contribution in [3.63, 3.8) is 0 Å². The molecule has 0 aromatic heterocycles. The van der Waals surface area contributed by atoms with Crippen LogP contribution in [-0.4, -0.2) is 61.1 Å². The lowest BCUT2D eigenvalue weighted by Crippen LogP contribution is -2.51. The molecule has 0 spiro atoms.